The number of rotatable bonds is 6. The van der Waals surface area contributed by atoms with Crippen LogP contribution in [0.5, 0.6) is 17.2 Å². The van der Waals surface area contributed by atoms with Gasteiger partial charge in [-0.05, 0) is 76.6 Å². The third kappa shape index (κ3) is 4.99. The van der Waals surface area contributed by atoms with Crippen molar-refractivity contribution in [3.63, 3.8) is 0 Å². The molecular formula is C20H17BrN2O5S. The molecule has 0 aliphatic carbocycles. The Morgan fingerprint density at radius 3 is 2.76 bits per heavy atom. The minimum atomic E-state index is -0.559. The van der Waals surface area contributed by atoms with E-state index in [9.17, 15) is 9.59 Å². The first kappa shape index (κ1) is 20.9. The maximum Gasteiger partial charge on any atom is 0.343 e. The number of ether oxygens (including phenoxy) is 3. The van der Waals surface area contributed by atoms with Gasteiger partial charge in [-0.3, -0.25) is 10.2 Å². The maximum atomic E-state index is 12.6. The monoisotopic (exact) mass is 476 g/mol. The highest BCUT2D eigenvalue weighted by molar-refractivity contribution is 9.10. The largest absolute Gasteiger partial charge is 0.497 e. The Kier molecular flexibility index (Phi) is 6.60. The van der Waals surface area contributed by atoms with Crippen LogP contribution in [0.3, 0.4) is 0 Å². The van der Waals surface area contributed by atoms with E-state index in [2.05, 4.69) is 21.2 Å². The number of amides is 1. The molecule has 2 N–H and O–H groups in total. The minimum absolute atomic E-state index is 0.0780. The lowest BCUT2D eigenvalue weighted by Crippen LogP contribution is -2.18. The lowest BCUT2D eigenvalue weighted by atomic mass is 10.1. The molecular weight excluding hydrogens is 460 g/mol. The number of methoxy groups -OCH3 is 1. The number of halogens is 1. The topological polar surface area (TPSA) is 97.7 Å². The van der Waals surface area contributed by atoms with Crippen LogP contribution in [0.25, 0.3) is 6.08 Å². The van der Waals surface area contributed by atoms with Crippen molar-refractivity contribution in [1.82, 2.24) is 5.32 Å². The van der Waals surface area contributed by atoms with Gasteiger partial charge >= 0.3 is 5.97 Å². The van der Waals surface area contributed by atoms with Crippen LogP contribution >= 0.6 is 27.7 Å². The lowest BCUT2D eigenvalue weighted by Gasteiger charge is -2.14. The average molecular weight is 477 g/mol. The number of thioether (sulfide) groups is 1. The van der Waals surface area contributed by atoms with Gasteiger partial charge in [-0.2, -0.15) is 0 Å². The van der Waals surface area contributed by atoms with Gasteiger partial charge in [0.1, 0.15) is 5.75 Å². The number of amidine groups is 1. The molecule has 2 aromatic rings. The second-order valence-electron chi connectivity index (χ2n) is 5.78. The summed E-state index contributed by atoms with van der Waals surface area (Å²) in [6.07, 6.45) is 1.64. The molecule has 7 nitrogen and oxygen atoms in total. The van der Waals surface area contributed by atoms with Crippen LogP contribution in [0.15, 0.2) is 45.8 Å². The number of hydrogen-bond donors (Lipinski definition) is 2. The zero-order valence-electron chi connectivity index (χ0n) is 15.6. The zero-order chi connectivity index (χ0) is 21.0. The van der Waals surface area contributed by atoms with E-state index in [0.717, 1.165) is 11.8 Å². The SMILES string of the molecule is CCOc1cc(/C=C2\SC(=N)NC2=O)cc(Br)c1OC(=O)c1cccc(OC)c1. The van der Waals surface area contributed by atoms with Crippen LogP contribution in [-0.2, 0) is 4.79 Å². The summed E-state index contributed by atoms with van der Waals surface area (Å²) in [7, 11) is 1.52. The molecule has 0 radical (unpaired) electrons. The predicted octanol–water partition coefficient (Wildman–Crippen LogP) is 4.21. The Morgan fingerprint density at radius 1 is 1.31 bits per heavy atom. The molecule has 29 heavy (non-hydrogen) atoms. The predicted molar refractivity (Wildman–Crippen MR) is 115 cm³/mol. The van der Waals surface area contributed by atoms with E-state index in [0.29, 0.717) is 38.6 Å². The van der Waals surface area contributed by atoms with Crippen LogP contribution in [0.2, 0.25) is 0 Å². The number of esters is 1. The van der Waals surface area contributed by atoms with E-state index < -0.39 is 5.97 Å². The molecule has 1 saturated heterocycles. The van der Waals surface area contributed by atoms with Gasteiger partial charge in [0, 0.05) is 0 Å². The van der Waals surface area contributed by atoms with Crippen molar-refractivity contribution in [3.05, 3.63) is 56.9 Å². The Balaban J connectivity index is 1.92. The van der Waals surface area contributed by atoms with Crippen molar-refractivity contribution < 1.29 is 23.8 Å². The van der Waals surface area contributed by atoms with Crippen molar-refractivity contribution >= 4 is 50.8 Å². The van der Waals surface area contributed by atoms with E-state index in [4.69, 9.17) is 19.6 Å². The molecule has 9 heteroatoms. The number of nitrogens with one attached hydrogen (secondary N) is 2. The Bertz CT molecular complexity index is 1020. The highest BCUT2D eigenvalue weighted by atomic mass is 79.9. The number of carbonyl (C=O) groups is 2. The molecule has 2 aromatic carbocycles. The normalized spacial score (nSPS) is 14.7. The summed E-state index contributed by atoms with van der Waals surface area (Å²) in [6.45, 7) is 2.17. The third-order valence-electron chi connectivity index (χ3n) is 3.79. The molecule has 150 valence electrons. The summed E-state index contributed by atoms with van der Waals surface area (Å²) in [5.74, 6) is 0.239. The zero-order valence-corrected chi connectivity index (χ0v) is 18.0. The third-order valence-corrected chi connectivity index (χ3v) is 5.21. The fraction of sp³-hybridized carbons (Fsp3) is 0.150. The highest BCUT2D eigenvalue weighted by Gasteiger charge is 2.23. The first-order chi connectivity index (χ1) is 13.9. The van der Waals surface area contributed by atoms with Crippen molar-refractivity contribution in [1.29, 1.82) is 5.41 Å². The van der Waals surface area contributed by atoms with Crippen molar-refractivity contribution in [3.8, 4) is 17.2 Å². The average Bonchev–Trinajstić information content (AvgIpc) is 3.01. The number of hydrogen-bond acceptors (Lipinski definition) is 7. The molecule has 0 unspecified atom stereocenters. The van der Waals surface area contributed by atoms with E-state index in [1.165, 1.54) is 7.11 Å². The summed E-state index contributed by atoms with van der Waals surface area (Å²) in [5.41, 5.74) is 0.997. The molecule has 1 aliphatic heterocycles. The van der Waals surface area contributed by atoms with Gasteiger partial charge in [0.2, 0.25) is 0 Å². The summed E-state index contributed by atoms with van der Waals surface area (Å²) in [5, 5.41) is 10.0. The van der Waals surface area contributed by atoms with Crippen molar-refractivity contribution in [2.75, 3.05) is 13.7 Å². The standard InChI is InChI=1S/C20H17BrN2O5S/c1-3-27-15-8-11(9-16-18(24)23-20(22)29-16)7-14(21)17(15)28-19(25)12-5-4-6-13(10-12)26-2/h4-10H,3H2,1-2H3,(H2,22,23,24)/b16-9-. The molecule has 1 amide bonds. The Morgan fingerprint density at radius 2 is 2.10 bits per heavy atom. The Hall–Kier alpha value is -2.78. The van der Waals surface area contributed by atoms with Crippen molar-refractivity contribution in [2.45, 2.75) is 6.92 Å². The van der Waals surface area contributed by atoms with Gasteiger partial charge in [-0.1, -0.05) is 6.07 Å². The molecule has 0 spiro atoms. The number of carbonyl (C=O) groups excluding carboxylic acids is 2. The second-order valence-corrected chi connectivity index (χ2v) is 7.68. The van der Waals surface area contributed by atoms with Gasteiger partial charge in [0.15, 0.2) is 16.7 Å². The maximum absolute atomic E-state index is 12.6. The van der Waals surface area contributed by atoms with Gasteiger partial charge in [0.05, 0.1) is 28.7 Å². The first-order valence-electron chi connectivity index (χ1n) is 8.53. The molecule has 0 aromatic heterocycles. The van der Waals surface area contributed by atoms with Crippen molar-refractivity contribution in [2.24, 2.45) is 0 Å². The summed E-state index contributed by atoms with van der Waals surface area (Å²) < 4.78 is 16.8. The van der Waals surface area contributed by atoms with E-state index in [1.54, 1.807) is 42.5 Å². The summed E-state index contributed by atoms with van der Waals surface area (Å²) in [4.78, 5) is 24.8. The molecule has 0 saturated carbocycles. The fourth-order valence-electron chi connectivity index (χ4n) is 2.53. The van der Waals surface area contributed by atoms with Crippen LogP contribution < -0.4 is 19.5 Å². The Labute approximate surface area is 180 Å². The summed E-state index contributed by atoms with van der Waals surface area (Å²) >= 11 is 4.45. The smallest absolute Gasteiger partial charge is 0.343 e. The molecule has 1 fully saturated rings. The van der Waals surface area contributed by atoms with Crippen LogP contribution in [-0.4, -0.2) is 30.8 Å². The van der Waals surface area contributed by atoms with Crippen LogP contribution in [0, 0.1) is 5.41 Å². The molecule has 3 rings (SSSR count). The fourth-order valence-corrected chi connectivity index (χ4v) is 3.77. The lowest BCUT2D eigenvalue weighted by molar-refractivity contribution is -0.115. The quantitative estimate of drug-likeness (QED) is 0.368. The van der Waals surface area contributed by atoms with Crippen LogP contribution in [0.1, 0.15) is 22.8 Å². The second kappa shape index (κ2) is 9.15. The van der Waals surface area contributed by atoms with Gasteiger partial charge in [-0.15, -0.1) is 0 Å². The molecule has 1 heterocycles. The highest BCUT2D eigenvalue weighted by Crippen LogP contribution is 2.39. The molecule has 1 aliphatic rings. The molecule has 0 atom stereocenters. The minimum Gasteiger partial charge on any atom is -0.497 e. The summed E-state index contributed by atoms with van der Waals surface area (Å²) in [6, 6.07) is 10.0. The van der Waals surface area contributed by atoms with Gasteiger partial charge < -0.3 is 19.5 Å². The molecule has 0 bridgehead atoms. The van der Waals surface area contributed by atoms with E-state index in [1.807, 2.05) is 6.92 Å². The van der Waals surface area contributed by atoms with E-state index in [-0.39, 0.29) is 16.8 Å². The van der Waals surface area contributed by atoms with Gasteiger partial charge in [0.25, 0.3) is 5.91 Å². The van der Waals surface area contributed by atoms with Gasteiger partial charge in [-0.25, -0.2) is 4.79 Å². The number of benzene rings is 2. The van der Waals surface area contributed by atoms with Crippen LogP contribution in [0.4, 0.5) is 0 Å². The first-order valence-corrected chi connectivity index (χ1v) is 10.1. The van der Waals surface area contributed by atoms with E-state index >= 15 is 0 Å².